The molecule has 0 atom stereocenters. The average molecular weight is 373 g/mol. The van der Waals surface area contributed by atoms with E-state index in [0.29, 0.717) is 17.0 Å². The van der Waals surface area contributed by atoms with Gasteiger partial charge in [0.2, 0.25) is 0 Å². The van der Waals surface area contributed by atoms with Gasteiger partial charge in [0.05, 0.1) is 12.8 Å². The number of rotatable bonds is 3. The van der Waals surface area contributed by atoms with E-state index in [1.54, 1.807) is 7.11 Å². The van der Waals surface area contributed by atoms with Gasteiger partial charge < -0.3 is 9.30 Å². The lowest BCUT2D eigenvalue weighted by Crippen LogP contribution is -2.35. The van der Waals surface area contributed by atoms with E-state index in [0.717, 1.165) is 22.5 Å². The van der Waals surface area contributed by atoms with Gasteiger partial charge in [-0.3, -0.25) is 9.59 Å². The van der Waals surface area contributed by atoms with Crippen LogP contribution in [0.4, 0.5) is 0 Å². The lowest BCUT2D eigenvalue weighted by atomic mass is 9.75. The molecule has 0 amide bonds. The normalized spacial score (nSPS) is 15.4. The van der Waals surface area contributed by atoms with Crippen molar-refractivity contribution in [2.24, 2.45) is 5.41 Å². The SMILES string of the molecule is COc1cccc(-n2c(-c3ccc(C)cc3)cc3c2C(=O)C(C)(C)CC3=O)c1. The smallest absolute Gasteiger partial charge is 0.186 e. The minimum atomic E-state index is -0.719. The molecule has 2 aromatic carbocycles. The largest absolute Gasteiger partial charge is 0.497 e. The molecule has 0 radical (unpaired) electrons. The highest BCUT2D eigenvalue weighted by atomic mass is 16.5. The van der Waals surface area contributed by atoms with Crippen molar-refractivity contribution in [3.63, 3.8) is 0 Å². The molecule has 0 fully saturated rings. The summed E-state index contributed by atoms with van der Waals surface area (Å²) in [5.74, 6) is 0.696. The number of aromatic nitrogens is 1. The number of aryl methyl sites for hydroxylation is 1. The predicted octanol–water partition coefficient (Wildman–Crippen LogP) is 5.26. The van der Waals surface area contributed by atoms with Crippen LogP contribution >= 0.6 is 0 Å². The van der Waals surface area contributed by atoms with Gasteiger partial charge in [-0.15, -0.1) is 0 Å². The second-order valence-corrected chi connectivity index (χ2v) is 8.01. The molecule has 28 heavy (non-hydrogen) atoms. The molecule has 3 aromatic rings. The minimum Gasteiger partial charge on any atom is -0.497 e. The number of ketones is 2. The Bertz CT molecular complexity index is 1090. The summed E-state index contributed by atoms with van der Waals surface area (Å²) in [6, 6.07) is 17.5. The monoisotopic (exact) mass is 373 g/mol. The van der Waals surface area contributed by atoms with Crippen molar-refractivity contribution in [3.8, 4) is 22.7 Å². The van der Waals surface area contributed by atoms with Crippen molar-refractivity contribution in [2.75, 3.05) is 7.11 Å². The lowest BCUT2D eigenvalue weighted by molar-refractivity contribution is 0.0732. The average Bonchev–Trinajstić information content (AvgIpc) is 3.07. The number of hydrogen-bond acceptors (Lipinski definition) is 3. The van der Waals surface area contributed by atoms with E-state index in [9.17, 15) is 9.59 Å². The van der Waals surface area contributed by atoms with E-state index in [1.165, 1.54) is 0 Å². The third kappa shape index (κ3) is 2.85. The van der Waals surface area contributed by atoms with Crippen molar-refractivity contribution >= 4 is 11.6 Å². The van der Waals surface area contributed by atoms with Gasteiger partial charge in [0.25, 0.3) is 0 Å². The Balaban J connectivity index is 2.05. The molecule has 0 aliphatic heterocycles. The number of nitrogens with zero attached hydrogens (tertiary/aromatic N) is 1. The number of ether oxygens (including phenoxy) is 1. The Morgan fingerprint density at radius 1 is 1.00 bits per heavy atom. The van der Waals surface area contributed by atoms with Crippen molar-refractivity contribution in [2.45, 2.75) is 27.2 Å². The highest BCUT2D eigenvalue weighted by molar-refractivity contribution is 6.16. The fourth-order valence-electron chi connectivity index (χ4n) is 3.80. The fraction of sp³-hybridized carbons (Fsp3) is 0.250. The van der Waals surface area contributed by atoms with Crippen LogP contribution in [0, 0.1) is 12.3 Å². The molecular formula is C24H23NO3. The topological polar surface area (TPSA) is 48.3 Å². The standard InChI is InChI=1S/C24H23NO3/c1-15-8-10-16(11-9-15)20-13-19-21(26)14-24(2,3)23(27)22(19)25(20)17-6-5-7-18(12-17)28-4/h5-13H,14H2,1-4H3. The van der Waals surface area contributed by atoms with Crippen LogP contribution in [0.25, 0.3) is 16.9 Å². The van der Waals surface area contributed by atoms with Gasteiger partial charge in [0.1, 0.15) is 11.4 Å². The summed E-state index contributed by atoms with van der Waals surface area (Å²) in [5, 5.41) is 0. The Hall–Kier alpha value is -3.14. The zero-order chi connectivity index (χ0) is 20.1. The van der Waals surface area contributed by atoms with E-state index >= 15 is 0 Å². The summed E-state index contributed by atoms with van der Waals surface area (Å²) in [6.45, 7) is 5.71. The number of benzene rings is 2. The van der Waals surface area contributed by atoms with Gasteiger partial charge in [-0.05, 0) is 30.7 Å². The molecule has 1 aromatic heterocycles. The molecule has 0 spiro atoms. The van der Waals surface area contributed by atoms with Gasteiger partial charge in [0, 0.05) is 29.2 Å². The maximum absolute atomic E-state index is 13.3. The molecule has 1 aliphatic rings. The second kappa shape index (κ2) is 6.48. The predicted molar refractivity (Wildman–Crippen MR) is 110 cm³/mol. The Morgan fingerprint density at radius 2 is 1.71 bits per heavy atom. The first-order valence-corrected chi connectivity index (χ1v) is 9.37. The number of fused-ring (bicyclic) bond motifs is 1. The molecule has 142 valence electrons. The van der Waals surface area contributed by atoms with Crippen LogP contribution in [-0.2, 0) is 0 Å². The van der Waals surface area contributed by atoms with Crippen LogP contribution in [-0.4, -0.2) is 23.2 Å². The Kier molecular flexibility index (Phi) is 4.22. The maximum atomic E-state index is 13.3. The Labute approximate surface area is 164 Å². The van der Waals surface area contributed by atoms with Crippen LogP contribution in [0.1, 0.15) is 46.7 Å². The minimum absolute atomic E-state index is 0.00890. The number of Topliss-reactive ketones (excluding diaryl/α,β-unsaturated/α-hetero) is 2. The fourth-order valence-corrected chi connectivity index (χ4v) is 3.80. The maximum Gasteiger partial charge on any atom is 0.186 e. The summed E-state index contributed by atoms with van der Waals surface area (Å²) >= 11 is 0. The zero-order valence-corrected chi connectivity index (χ0v) is 16.6. The van der Waals surface area contributed by atoms with E-state index in [4.69, 9.17) is 4.74 Å². The number of carbonyl (C=O) groups is 2. The molecule has 0 bridgehead atoms. The first kappa shape index (κ1) is 18.2. The Morgan fingerprint density at radius 3 is 2.39 bits per heavy atom. The van der Waals surface area contributed by atoms with Crippen molar-refractivity contribution < 1.29 is 14.3 Å². The first-order chi connectivity index (χ1) is 13.3. The summed E-state index contributed by atoms with van der Waals surface area (Å²) < 4.78 is 7.29. The molecule has 4 heteroatoms. The molecule has 0 unspecified atom stereocenters. The summed E-state index contributed by atoms with van der Waals surface area (Å²) in [7, 11) is 1.61. The third-order valence-corrected chi connectivity index (χ3v) is 5.39. The highest BCUT2D eigenvalue weighted by Crippen LogP contribution is 2.40. The molecular weight excluding hydrogens is 350 g/mol. The number of hydrogen-bond donors (Lipinski definition) is 0. The molecule has 0 N–H and O–H groups in total. The van der Waals surface area contributed by atoms with Crippen LogP contribution in [0.3, 0.4) is 0 Å². The summed E-state index contributed by atoms with van der Waals surface area (Å²) in [4.78, 5) is 26.2. The van der Waals surface area contributed by atoms with Crippen molar-refractivity contribution in [1.82, 2.24) is 4.57 Å². The van der Waals surface area contributed by atoms with E-state index in [2.05, 4.69) is 0 Å². The van der Waals surface area contributed by atoms with Gasteiger partial charge in [0.15, 0.2) is 11.6 Å². The summed E-state index contributed by atoms with van der Waals surface area (Å²) in [5.41, 5.74) is 3.99. The third-order valence-electron chi connectivity index (χ3n) is 5.39. The van der Waals surface area contributed by atoms with Gasteiger partial charge >= 0.3 is 0 Å². The van der Waals surface area contributed by atoms with Crippen LogP contribution < -0.4 is 4.74 Å². The molecule has 0 saturated carbocycles. The van der Waals surface area contributed by atoms with E-state index in [-0.39, 0.29) is 18.0 Å². The number of methoxy groups -OCH3 is 1. The second-order valence-electron chi connectivity index (χ2n) is 8.01. The summed E-state index contributed by atoms with van der Waals surface area (Å²) in [6.07, 6.45) is 0.230. The van der Waals surface area contributed by atoms with E-state index < -0.39 is 5.41 Å². The van der Waals surface area contributed by atoms with Gasteiger partial charge in [-0.25, -0.2) is 0 Å². The molecule has 1 heterocycles. The highest BCUT2D eigenvalue weighted by Gasteiger charge is 2.42. The van der Waals surface area contributed by atoms with Crippen LogP contribution in [0.2, 0.25) is 0 Å². The van der Waals surface area contributed by atoms with Crippen LogP contribution in [0.5, 0.6) is 5.75 Å². The van der Waals surface area contributed by atoms with Crippen molar-refractivity contribution in [1.29, 1.82) is 0 Å². The zero-order valence-electron chi connectivity index (χ0n) is 16.6. The molecule has 1 aliphatic carbocycles. The van der Waals surface area contributed by atoms with Crippen molar-refractivity contribution in [3.05, 3.63) is 71.4 Å². The van der Waals surface area contributed by atoms with Gasteiger partial charge in [-0.1, -0.05) is 49.7 Å². The van der Waals surface area contributed by atoms with E-state index in [1.807, 2.05) is 79.9 Å². The molecule has 4 nitrogen and oxygen atoms in total. The lowest BCUT2D eigenvalue weighted by Gasteiger charge is -2.28. The molecule has 0 saturated heterocycles. The van der Waals surface area contributed by atoms with Gasteiger partial charge in [-0.2, -0.15) is 0 Å². The first-order valence-electron chi connectivity index (χ1n) is 9.37. The van der Waals surface area contributed by atoms with Crippen LogP contribution in [0.15, 0.2) is 54.6 Å². The quantitative estimate of drug-likeness (QED) is 0.629. The number of carbonyl (C=O) groups excluding carboxylic acids is 2. The molecule has 4 rings (SSSR count).